The summed E-state index contributed by atoms with van der Waals surface area (Å²) in [6.45, 7) is 0. The molecule has 0 aliphatic heterocycles. The summed E-state index contributed by atoms with van der Waals surface area (Å²) in [5, 5.41) is 4.92. The number of rotatable bonds is 4. The van der Waals surface area contributed by atoms with Gasteiger partial charge in [0.25, 0.3) is 0 Å². The van der Waals surface area contributed by atoms with Crippen molar-refractivity contribution >= 4 is 17.2 Å². The fraction of sp³-hybridized carbons (Fsp3) is 0.500. The van der Waals surface area contributed by atoms with Gasteiger partial charge >= 0.3 is 6.18 Å². The molecular formula is C16H17F3N2O2S. The van der Waals surface area contributed by atoms with Gasteiger partial charge < -0.3 is 9.73 Å². The van der Waals surface area contributed by atoms with Crippen molar-refractivity contribution in [3.63, 3.8) is 0 Å². The lowest BCUT2D eigenvalue weighted by atomic mass is 9.84. The van der Waals surface area contributed by atoms with Gasteiger partial charge in [-0.1, -0.05) is 12.8 Å². The highest BCUT2D eigenvalue weighted by atomic mass is 32.1. The Hall–Kier alpha value is -1.83. The minimum absolute atomic E-state index is 0.0295. The van der Waals surface area contributed by atoms with Crippen LogP contribution < -0.4 is 5.32 Å². The summed E-state index contributed by atoms with van der Waals surface area (Å²) in [6.07, 6.45) is -1.07. The van der Waals surface area contributed by atoms with E-state index in [0.29, 0.717) is 35.7 Å². The Morgan fingerprint density at radius 2 is 2.17 bits per heavy atom. The van der Waals surface area contributed by atoms with Crippen molar-refractivity contribution in [3.05, 3.63) is 29.5 Å². The molecule has 4 nitrogen and oxygen atoms in total. The maximum absolute atomic E-state index is 13.1. The number of carbonyl (C=O) groups excluding carboxylic acids is 1. The number of furan rings is 1. The standard InChI is InChI=1S/C16H17F3N2O2S/c17-16(18,19)11-4-1-2-5-12(11)21-14(22)8-10-9-24-15(20-10)13-6-3-7-23-13/h3,6-7,9,11-12H,1-2,4-5,8H2,(H,21,22). The summed E-state index contributed by atoms with van der Waals surface area (Å²) in [5.41, 5.74) is 0.531. The summed E-state index contributed by atoms with van der Waals surface area (Å²) in [7, 11) is 0. The number of carbonyl (C=O) groups is 1. The molecule has 2 atom stereocenters. The molecule has 0 radical (unpaired) electrons. The molecule has 1 amide bonds. The van der Waals surface area contributed by atoms with Gasteiger partial charge in [0.05, 0.1) is 24.3 Å². The molecule has 1 aliphatic carbocycles. The second kappa shape index (κ2) is 6.96. The molecule has 1 fully saturated rings. The molecule has 0 saturated heterocycles. The summed E-state index contributed by atoms with van der Waals surface area (Å²) in [5.74, 6) is -1.27. The summed E-state index contributed by atoms with van der Waals surface area (Å²) >= 11 is 1.34. The number of hydrogen-bond acceptors (Lipinski definition) is 4. The second-order valence-electron chi connectivity index (χ2n) is 5.90. The Labute approximate surface area is 141 Å². The van der Waals surface area contributed by atoms with Crippen molar-refractivity contribution in [1.29, 1.82) is 0 Å². The lowest BCUT2D eigenvalue weighted by molar-refractivity contribution is -0.189. The van der Waals surface area contributed by atoms with E-state index in [2.05, 4.69) is 10.3 Å². The van der Waals surface area contributed by atoms with Crippen LogP contribution in [0, 0.1) is 5.92 Å². The smallest absolute Gasteiger partial charge is 0.393 e. The minimum Gasteiger partial charge on any atom is -0.462 e. The first-order chi connectivity index (χ1) is 11.4. The molecule has 3 rings (SSSR count). The van der Waals surface area contributed by atoms with Crippen LogP contribution in [-0.2, 0) is 11.2 Å². The van der Waals surface area contributed by atoms with Gasteiger partial charge in [-0.2, -0.15) is 13.2 Å². The number of nitrogens with one attached hydrogen (secondary N) is 1. The second-order valence-corrected chi connectivity index (χ2v) is 6.76. The third-order valence-corrected chi connectivity index (χ3v) is 5.06. The zero-order valence-corrected chi connectivity index (χ0v) is 13.6. The quantitative estimate of drug-likeness (QED) is 0.892. The predicted molar refractivity (Wildman–Crippen MR) is 83.5 cm³/mol. The molecule has 0 bridgehead atoms. The molecule has 24 heavy (non-hydrogen) atoms. The van der Waals surface area contributed by atoms with E-state index in [1.165, 1.54) is 17.6 Å². The van der Waals surface area contributed by atoms with Crippen LogP contribution in [0.5, 0.6) is 0 Å². The summed E-state index contributed by atoms with van der Waals surface area (Å²) in [4.78, 5) is 16.4. The Balaban J connectivity index is 1.61. The van der Waals surface area contributed by atoms with Crippen LogP contribution in [0.2, 0.25) is 0 Å². The van der Waals surface area contributed by atoms with Crippen molar-refractivity contribution < 1.29 is 22.4 Å². The van der Waals surface area contributed by atoms with Gasteiger partial charge in [-0.25, -0.2) is 4.98 Å². The van der Waals surface area contributed by atoms with E-state index < -0.39 is 24.0 Å². The maximum Gasteiger partial charge on any atom is 0.393 e. The predicted octanol–water partition coefficient (Wildman–Crippen LogP) is 4.18. The molecule has 2 heterocycles. The first-order valence-corrected chi connectivity index (χ1v) is 8.66. The number of nitrogens with zero attached hydrogens (tertiary/aromatic N) is 1. The van der Waals surface area contributed by atoms with E-state index in [0.717, 1.165) is 0 Å². The molecule has 1 N–H and O–H groups in total. The SMILES string of the molecule is O=C(Cc1csc(-c2ccco2)n1)NC1CCCCC1C(F)(F)F. The van der Waals surface area contributed by atoms with E-state index in [1.54, 1.807) is 17.5 Å². The van der Waals surface area contributed by atoms with Crippen molar-refractivity contribution in [2.75, 3.05) is 0 Å². The molecular weight excluding hydrogens is 341 g/mol. The van der Waals surface area contributed by atoms with Crippen molar-refractivity contribution in [1.82, 2.24) is 10.3 Å². The van der Waals surface area contributed by atoms with Crippen LogP contribution in [0.1, 0.15) is 31.4 Å². The number of alkyl halides is 3. The molecule has 2 aromatic rings. The largest absolute Gasteiger partial charge is 0.462 e. The molecule has 1 saturated carbocycles. The van der Waals surface area contributed by atoms with E-state index in [-0.39, 0.29) is 12.8 Å². The third-order valence-electron chi connectivity index (χ3n) is 4.16. The lowest BCUT2D eigenvalue weighted by Crippen LogP contribution is -2.48. The summed E-state index contributed by atoms with van der Waals surface area (Å²) in [6, 6.07) is 2.66. The number of hydrogen-bond donors (Lipinski definition) is 1. The Bertz CT molecular complexity index is 682. The van der Waals surface area contributed by atoms with Gasteiger partial charge in [-0.05, 0) is 25.0 Å². The number of halogens is 3. The molecule has 0 spiro atoms. The molecule has 130 valence electrons. The van der Waals surface area contributed by atoms with E-state index in [4.69, 9.17) is 4.42 Å². The zero-order valence-electron chi connectivity index (χ0n) is 12.8. The van der Waals surface area contributed by atoms with Crippen molar-refractivity contribution in [2.24, 2.45) is 5.92 Å². The summed E-state index contributed by atoms with van der Waals surface area (Å²) < 4.78 is 44.4. The maximum atomic E-state index is 13.1. The van der Waals surface area contributed by atoms with Crippen LogP contribution in [0.3, 0.4) is 0 Å². The van der Waals surface area contributed by atoms with Gasteiger partial charge in [0.15, 0.2) is 10.8 Å². The van der Waals surface area contributed by atoms with E-state index in [9.17, 15) is 18.0 Å². The highest BCUT2D eigenvalue weighted by molar-refractivity contribution is 7.13. The molecule has 2 unspecified atom stereocenters. The van der Waals surface area contributed by atoms with E-state index >= 15 is 0 Å². The van der Waals surface area contributed by atoms with Gasteiger partial charge in [-0.15, -0.1) is 11.3 Å². The minimum atomic E-state index is -4.27. The molecule has 0 aromatic carbocycles. The Morgan fingerprint density at radius 1 is 1.38 bits per heavy atom. The molecule has 8 heteroatoms. The number of aromatic nitrogens is 1. The van der Waals surface area contributed by atoms with Crippen LogP contribution in [0.25, 0.3) is 10.8 Å². The van der Waals surface area contributed by atoms with Gasteiger partial charge in [0.1, 0.15) is 0 Å². The lowest BCUT2D eigenvalue weighted by Gasteiger charge is -2.33. The third kappa shape index (κ3) is 3.98. The highest BCUT2D eigenvalue weighted by Gasteiger charge is 2.45. The van der Waals surface area contributed by atoms with Crippen LogP contribution in [-0.4, -0.2) is 23.1 Å². The van der Waals surface area contributed by atoms with Crippen LogP contribution in [0.4, 0.5) is 13.2 Å². The first-order valence-electron chi connectivity index (χ1n) is 7.78. The fourth-order valence-electron chi connectivity index (χ4n) is 3.02. The molecule has 2 aromatic heterocycles. The zero-order chi connectivity index (χ0) is 17.2. The average molecular weight is 358 g/mol. The van der Waals surface area contributed by atoms with Crippen molar-refractivity contribution in [2.45, 2.75) is 44.3 Å². The van der Waals surface area contributed by atoms with Crippen LogP contribution >= 0.6 is 11.3 Å². The topological polar surface area (TPSA) is 55.1 Å². The number of thiazole rings is 1. The highest BCUT2D eigenvalue weighted by Crippen LogP contribution is 2.37. The monoisotopic (exact) mass is 358 g/mol. The normalized spacial score (nSPS) is 21.6. The van der Waals surface area contributed by atoms with Crippen molar-refractivity contribution in [3.8, 4) is 10.8 Å². The number of amides is 1. The molecule has 1 aliphatic rings. The fourth-order valence-corrected chi connectivity index (χ4v) is 3.81. The van der Waals surface area contributed by atoms with Gasteiger partial charge in [0.2, 0.25) is 5.91 Å². The first kappa shape index (κ1) is 17.0. The van der Waals surface area contributed by atoms with E-state index in [1.807, 2.05) is 0 Å². The van der Waals surface area contributed by atoms with Crippen LogP contribution in [0.15, 0.2) is 28.2 Å². The van der Waals surface area contributed by atoms with Gasteiger partial charge in [-0.3, -0.25) is 4.79 Å². The van der Waals surface area contributed by atoms with Gasteiger partial charge in [0, 0.05) is 11.4 Å². The average Bonchev–Trinajstić information content (AvgIpc) is 3.17. The Kier molecular flexibility index (Phi) is 4.93. The Morgan fingerprint density at radius 3 is 2.88 bits per heavy atom.